The van der Waals surface area contributed by atoms with Gasteiger partial charge < -0.3 is 103 Å². The first-order valence-corrected chi connectivity index (χ1v) is 26.6. The predicted octanol–water partition coefficient (Wildman–Crippen LogP) is -6.84. The monoisotopic (exact) mass is 1110 g/mol. The van der Waals surface area contributed by atoms with Crippen LogP contribution in [-0.4, -0.2) is 167 Å². The highest BCUT2D eigenvalue weighted by atomic mass is 16.7. The standard InChI is InChI=1S/C46H94N18O13/c47-20-6-1-11-30(29-65)61-74-43(70)36(17-26-53)58-40(67)32(13-3-8-22-49)63-76-45(72)38(19-28-55)60-42(69)34(15-5-10-24-51)64-77-46(73)37(18-27-54)59-41(68)33(14-4-9-23-50)62-75-44(71)35(16-25-52)57-39(66)31(56)12-2-7-21-48/h29-38,61-64H,1-28,47-56H2,(H,57,66)(H,58,67)(H,59,68)(H,60,69)/t30-,31-,32-,33-,34-,35?,36?,37?,38?/m0/s1. The van der Waals surface area contributed by atoms with Crippen molar-refractivity contribution >= 4 is 53.8 Å². The molecular weight excluding hydrogens is 1010 g/mol. The maximum absolute atomic E-state index is 13.8. The fourth-order valence-electron chi connectivity index (χ4n) is 7.08. The van der Waals surface area contributed by atoms with Crippen LogP contribution in [-0.2, 0) is 62.5 Å². The van der Waals surface area contributed by atoms with Crippen LogP contribution < -0.4 is 101 Å². The third-order valence-electron chi connectivity index (χ3n) is 11.7. The molecule has 446 valence electrons. The minimum Gasteiger partial charge on any atom is -0.368 e. The van der Waals surface area contributed by atoms with Gasteiger partial charge in [0.1, 0.15) is 48.6 Å². The van der Waals surface area contributed by atoms with E-state index in [2.05, 4.69) is 43.2 Å². The van der Waals surface area contributed by atoms with Crippen molar-refractivity contribution in [1.29, 1.82) is 0 Å². The molecule has 31 heteroatoms. The summed E-state index contributed by atoms with van der Waals surface area (Å²) < 4.78 is 0. The largest absolute Gasteiger partial charge is 0.368 e. The Hall–Kier alpha value is -5.13. The summed E-state index contributed by atoms with van der Waals surface area (Å²) in [5, 5.41) is 10.1. The number of hydrogen-bond donors (Lipinski definition) is 18. The number of nitrogens with one attached hydrogen (secondary N) is 8. The van der Waals surface area contributed by atoms with Gasteiger partial charge in [-0.2, -0.15) is 0 Å². The average molecular weight is 1110 g/mol. The quantitative estimate of drug-likeness (QED) is 0.0117. The Labute approximate surface area is 451 Å². The smallest absolute Gasteiger partial charge is 0.347 e. The zero-order chi connectivity index (χ0) is 57.8. The molecule has 0 aliphatic heterocycles. The number of nitrogens with two attached hydrogens (primary N) is 10. The minimum absolute atomic E-state index is 0.00527. The molecule has 0 aliphatic carbocycles. The fraction of sp³-hybridized carbons (Fsp3) is 0.804. The lowest BCUT2D eigenvalue weighted by molar-refractivity contribution is -0.163. The van der Waals surface area contributed by atoms with Crippen LogP contribution in [0.2, 0.25) is 0 Å². The van der Waals surface area contributed by atoms with Gasteiger partial charge in [-0.25, -0.2) is 19.2 Å². The Morgan fingerprint density at radius 2 is 0.571 bits per heavy atom. The highest BCUT2D eigenvalue weighted by molar-refractivity contribution is 5.90. The van der Waals surface area contributed by atoms with Crippen LogP contribution in [0.4, 0.5) is 0 Å². The average Bonchev–Trinajstić information content (AvgIpc) is 3.41. The summed E-state index contributed by atoms with van der Waals surface area (Å²) in [4.78, 5) is 140. The topological polar surface area (TPSA) is 547 Å². The van der Waals surface area contributed by atoms with E-state index >= 15 is 0 Å². The van der Waals surface area contributed by atoms with E-state index in [4.69, 9.17) is 76.7 Å². The number of hydrogen-bond acceptors (Lipinski definition) is 27. The molecule has 0 aromatic carbocycles. The zero-order valence-electron chi connectivity index (χ0n) is 44.7. The number of hydroxylamine groups is 4. The van der Waals surface area contributed by atoms with Gasteiger partial charge in [0.2, 0.25) is 23.6 Å². The molecule has 4 unspecified atom stereocenters. The van der Waals surface area contributed by atoms with E-state index < -0.39 is 102 Å². The normalized spacial score (nSPS) is 14.7. The van der Waals surface area contributed by atoms with E-state index in [0.29, 0.717) is 96.4 Å². The van der Waals surface area contributed by atoms with Crippen molar-refractivity contribution in [3.63, 3.8) is 0 Å². The Bertz CT molecular complexity index is 1700. The Balaban J connectivity index is 6.12. The lowest BCUT2D eigenvalue weighted by atomic mass is 10.1. The number of carbonyl (C=O) groups excluding carboxylic acids is 9. The zero-order valence-corrected chi connectivity index (χ0v) is 44.7. The minimum atomic E-state index is -1.41. The van der Waals surface area contributed by atoms with E-state index in [1.807, 2.05) is 0 Å². The Morgan fingerprint density at radius 3 is 0.844 bits per heavy atom. The van der Waals surface area contributed by atoms with Gasteiger partial charge in [0, 0.05) is 0 Å². The van der Waals surface area contributed by atoms with Crippen LogP contribution in [0.25, 0.3) is 0 Å². The molecule has 28 N–H and O–H groups in total. The second-order valence-corrected chi connectivity index (χ2v) is 18.1. The molecule has 0 aromatic rings. The predicted molar refractivity (Wildman–Crippen MR) is 283 cm³/mol. The molecule has 0 saturated heterocycles. The third kappa shape index (κ3) is 32.4. The van der Waals surface area contributed by atoms with Crippen molar-refractivity contribution in [2.24, 2.45) is 57.3 Å². The van der Waals surface area contributed by atoms with Crippen LogP contribution in [0.1, 0.15) is 122 Å². The molecule has 0 saturated carbocycles. The summed E-state index contributed by atoms with van der Waals surface area (Å²) in [7, 11) is 0. The molecule has 0 aromatic heterocycles. The van der Waals surface area contributed by atoms with Gasteiger partial charge >= 0.3 is 23.9 Å². The summed E-state index contributed by atoms with van der Waals surface area (Å²) in [6.07, 6.45) is 6.15. The molecular formula is C46H94N18O13. The number of rotatable bonds is 49. The summed E-state index contributed by atoms with van der Waals surface area (Å²) in [5.41, 5.74) is 66.8. The number of unbranched alkanes of at least 4 members (excludes halogenated alkanes) is 5. The first kappa shape index (κ1) is 71.9. The molecule has 0 rings (SSSR count). The van der Waals surface area contributed by atoms with E-state index in [1.54, 1.807) is 0 Å². The van der Waals surface area contributed by atoms with Crippen molar-refractivity contribution < 1.29 is 62.5 Å². The highest BCUT2D eigenvalue weighted by Gasteiger charge is 2.33. The Morgan fingerprint density at radius 1 is 0.312 bits per heavy atom. The fourth-order valence-corrected chi connectivity index (χ4v) is 7.08. The van der Waals surface area contributed by atoms with Gasteiger partial charge in [0.05, 0.1) is 12.1 Å². The molecule has 0 aliphatic rings. The second-order valence-electron chi connectivity index (χ2n) is 18.1. The van der Waals surface area contributed by atoms with Crippen LogP contribution >= 0.6 is 0 Å². The second kappa shape index (κ2) is 45.8. The third-order valence-corrected chi connectivity index (χ3v) is 11.7. The lowest BCUT2D eigenvalue weighted by Crippen LogP contribution is -2.56. The number of aldehydes is 1. The van der Waals surface area contributed by atoms with Crippen LogP contribution in [0.15, 0.2) is 0 Å². The van der Waals surface area contributed by atoms with Gasteiger partial charge in [0.15, 0.2) is 0 Å². The van der Waals surface area contributed by atoms with Gasteiger partial charge in [-0.1, -0.05) is 12.8 Å². The van der Waals surface area contributed by atoms with Gasteiger partial charge in [-0.3, -0.25) is 19.2 Å². The molecule has 77 heavy (non-hydrogen) atoms. The van der Waals surface area contributed by atoms with Gasteiger partial charge in [0.25, 0.3) is 0 Å². The van der Waals surface area contributed by atoms with Crippen molar-refractivity contribution in [2.45, 2.75) is 176 Å². The summed E-state index contributed by atoms with van der Waals surface area (Å²) in [6.45, 7) is 1.41. The molecule has 0 radical (unpaired) electrons. The summed E-state index contributed by atoms with van der Waals surface area (Å²) >= 11 is 0. The van der Waals surface area contributed by atoms with E-state index in [0.717, 1.165) is 0 Å². The first-order chi connectivity index (χ1) is 37.0. The van der Waals surface area contributed by atoms with Crippen LogP contribution in [0, 0.1) is 0 Å². The van der Waals surface area contributed by atoms with E-state index in [9.17, 15) is 43.2 Å². The van der Waals surface area contributed by atoms with Crippen molar-refractivity contribution in [1.82, 2.24) is 43.2 Å². The molecule has 0 heterocycles. The number of amides is 4. The summed E-state index contributed by atoms with van der Waals surface area (Å²) in [6, 6.07) is -10.8. The maximum atomic E-state index is 13.8. The summed E-state index contributed by atoms with van der Waals surface area (Å²) in [5.74, 6) is -7.02. The van der Waals surface area contributed by atoms with Gasteiger partial charge in [-0.15, -0.1) is 21.9 Å². The lowest BCUT2D eigenvalue weighted by Gasteiger charge is -2.25. The first-order valence-electron chi connectivity index (χ1n) is 26.6. The van der Waals surface area contributed by atoms with E-state index in [1.165, 1.54) is 0 Å². The molecule has 0 bridgehead atoms. The maximum Gasteiger partial charge on any atom is 0.347 e. The number of carbonyl (C=O) groups is 9. The molecule has 0 spiro atoms. The SMILES string of the molecule is NCCCC[C@@H](C=O)NOC(=O)C(CCN)NC(=O)[C@H](CCCCN)NOC(=O)C(CCN)NC(=O)[C@H](CCCCN)NOC(=O)C(CCN)NC(=O)[C@H](CCCCN)NOC(=O)C(CCN)NC(=O)[C@@H](N)CCCCN. The van der Waals surface area contributed by atoms with Crippen LogP contribution in [0.3, 0.4) is 0 Å². The van der Waals surface area contributed by atoms with Crippen molar-refractivity contribution in [2.75, 3.05) is 58.9 Å². The Kier molecular flexibility index (Phi) is 42.8. The molecule has 9 atom stereocenters. The van der Waals surface area contributed by atoms with Crippen molar-refractivity contribution in [3.8, 4) is 0 Å². The molecule has 4 amide bonds. The highest BCUT2D eigenvalue weighted by Crippen LogP contribution is 2.10. The van der Waals surface area contributed by atoms with Crippen molar-refractivity contribution in [3.05, 3.63) is 0 Å². The molecule has 31 nitrogen and oxygen atoms in total. The van der Waals surface area contributed by atoms with Crippen LogP contribution in [0.5, 0.6) is 0 Å². The van der Waals surface area contributed by atoms with Gasteiger partial charge in [-0.05, 0) is 168 Å². The van der Waals surface area contributed by atoms with E-state index in [-0.39, 0.29) is 90.8 Å². The molecule has 0 fully saturated rings.